The van der Waals surface area contributed by atoms with E-state index in [0.29, 0.717) is 6.61 Å². The van der Waals surface area contributed by atoms with Gasteiger partial charge in [0.05, 0.1) is 18.0 Å². The second-order valence-electron chi connectivity index (χ2n) is 6.08. The first-order valence-electron chi connectivity index (χ1n) is 8.34. The highest BCUT2D eigenvalue weighted by Gasteiger charge is 2.13. The molecular weight excluding hydrogens is 334 g/mol. The third-order valence-electron chi connectivity index (χ3n) is 4.01. The van der Waals surface area contributed by atoms with E-state index in [1.165, 1.54) is 0 Å². The van der Waals surface area contributed by atoms with Crippen molar-refractivity contribution in [1.82, 2.24) is 15.0 Å². The van der Waals surface area contributed by atoms with Gasteiger partial charge in [0.2, 0.25) is 0 Å². The fourth-order valence-corrected chi connectivity index (χ4v) is 3.52. The molecule has 25 heavy (non-hydrogen) atoms. The molecule has 3 aromatic rings. The molecule has 5 nitrogen and oxygen atoms in total. The monoisotopic (exact) mass is 357 g/mol. The molecule has 0 saturated heterocycles. The minimum atomic E-state index is 0.679. The van der Waals surface area contributed by atoms with E-state index < -0.39 is 0 Å². The maximum Gasteiger partial charge on any atom is 0.138 e. The number of hydrogen-bond donors (Lipinski definition) is 0. The normalized spacial score (nSPS) is 11.2. The summed E-state index contributed by atoms with van der Waals surface area (Å²) in [7, 11) is 2.09. The smallest absolute Gasteiger partial charge is 0.138 e. The average Bonchev–Trinajstić information content (AvgIpc) is 3.18. The third-order valence-corrected chi connectivity index (χ3v) is 4.95. The standard InChI is InChI=1S/C19H23N3O2S/c1-5-23-17-8-6-15(7-9-17)19-20-16(12-25-19)10-22(4)11-18-13(2)21-24-14(18)3/h6-9,12H,5,10-11H2,1-4H3. The second-order valence-corrected chi connectivity index (χ2v) is 6.93. The van der Waals surface area contributed by atoms with Gasteiger partial charge in [-0.15, -0.1) is 11.3 Å². The molecule has 0 N–H and O–H groups in total. The van der Waals surface area contributed by atoms with Crippen LogP contribution in [0.3, 0.4) is 0 Å². The van der Waals surface area contributed by atoms with Crippen molar-refractivity contribution in [1.29, 1.82) is 0 Å². The lowest BCUT2D eigenvalue weighted by Gasteiger charge is -2.14. The number of rotatable bonds is 7. The van der Waals surface area contributed by atoms with E-state index in [4.69, 9.17) is 14.2 Å². The van der Waals surface area contributed by atoms with Crippen LogP contribution in [-0.2, 0) is 13.1 Å². The summed E-state index contributed by atoms with van der Waals surface area (Å²) in [5.74, 6) is 1.78. The molecular formula is C19H23N3O2S. The van der Waals surface area contributed by atoms with Crippen LogP contribution >= 0.6 is 11.3 Å². The minimum Gasteiger partial charge on any atom is -0.494 e. The molecule has 0 amide bonds. The Kier molecular flexibility index (Phi) is 5.50. The zero-order valence-electron chi connectivity index (χ0n) is 15.1. The molecule has 1 aromatic carbocycles. The Balaban J connectivity index is 1.65. The summed E-state index contributed by atoms with van der Waals surface area (Å²) >= 11 is 1.67. The lowest BCUT2D eigenvalue weighted by Crippen LogP contribution is -2.18. The van der Waals surface area contributed by atoms with E-state index >= 15 is 0 Å². The largest absolute Gasteiger partial charge is 0.494 e. The first kappa shape index (κ1) is 17.6. The lowest BCUT2D eigenvalue weighted by atomic mass is 10.2. The molecule has 0 aliphatic heterocycles. The summed E-state index contributed by atoms with van der Waals surface area (Å²) in [5, 5.41) is 7.17. The number of aromatic nitrogens is 2. The van der Waals surface area contributed by atoms with E-state index in [1.807, 2.05) is 32.9 Å². The zero-order valence-corrected chi connectivity index (χ0v) is 15.9. The summed E-state index contributed by atoms with van der Waals surface area (Å²) in [6, 6.07) is 8.09. The molecule has 0 aliphatic carbocycles. The van der Waals surface area contributed by atoms with Crippen LogP contribution in [0.15, 0.2) is 34.2 Å². The van der Waals surface area contributed by atoms with Crippen LogP contribution in [-0.4, -0.2) is 28.7 Å². The van der Waals surface area contributed by atoms with Crippen LogP contribution in [0.25, 0.3) is 10.6 Å². The van der Waals surface area contributed by atoms with Crippen LogP contribution in [0.4, 0.5) is 0 Å². The van der Waals surface area contributed by atoms with E-state index in [-0.39, 0.29) is 0 Å². The lowest BCUT2D eigenvalue weighted by molar-refractivity contribution is 0.312. The van der Waals surface area contributed by atoms with E-state index in [2.05, 4.69) is 34.6 Å². The van der Waals surface area contributed by atoms with Crippen LogP contribution in [0.1, 0.15) is 29.6 Å². The summed E-state index contributed by atoms with van der Waals surface area (Å²) in [4.78, 5) is 6.99. The van der Waals surface area contributed by atoms with Crippen molar-refractivity contribution < 1.29 is 9.26 Å². The number of nitrogens with zero attached hydrogens (tertiary/aromatic N) is 3. The Morgan fingerprint density at radius 1 is 1.16 bits per heavy atom. The Labute approximate surface area is 152 Å². The molecule has 0 spiro atoms. The van der Waals surface area contributed by atoms with Gasteiger partial charge in [-0.25, -0.2) is 4.98 Å². The maximum atomic E-state index is 5.49. The predicted octanol–water partition coefficient (Wildman–Crippen LogP) is 4.45. The highest BCUT2D eigenvalue weighted by molar-refractivity contribution is 7.13. The number of aryl methyl sites for hydroxylation is 2. The Morgan fingerprint density at radius 2 is 1.92 bits per heavy atom. The summed E-state index contributed by atoms with van der Waals surface area (Å²) in [5.41, 5.74) is 4.30. The number of thiazole rings is 1. The summed E-state index contributed by atoms with van der Waals surface area (Å²) in [6.07, 6.45) is 0. The first-order chi connectivity index (χ1) is 12.1. The molecule has 2 aromatic heterocycles. The van der Waals surface area contributed by atoms with Gasteiger partial charge in [0.25, 0.3) is 0 Å². The molecule has 0 bridgehead atoms. The van der Waals surface area contributed by atoms with Gasteiger partial charge < -0.3 is 9.26 Å². The van der Waals surface area contributed by atoms with E-state index in [0.717, 1.165) is 52.1 Å². The van der Waals surface area contributed by atoms with Crippen molar-refractivity contribution in [3.63, 3.8) is 0 Å². The first-order valence-corrected chi connectivity index (χ1v) is 9.22. The molecule has 0 fully saturated rings. The molecule has 3 rings (SSSR count). The fourth-order valence-electron chi connectivity index (χ4n) is 2.70. The third kappa shape index (κ3) is 4.27. The Hall–Kier alpha value is -2.18. The molecule has 2 heterocycles. The number of benzene rings is 1. The molecule has 6 heteroatoms. The quantitative estimate of drug-likeness (QED) is 0.625. The Bertz CT molecular complexity index is 804. The van der Waals surface area contributed by atoms with Crippen molar-refractivity contribution in [2.75, 3.05) is 13.7 Å². The van der Waals surface area contributed by atoms with E-state index in [9.17, 15) is 0 Å². The molecule has 0 atom stereocenters. The van der Waals surface area contributed by atoms with Crippen molar-refractivity contribution in [2.45, 2.75) is 33.9 Å². The minimum absolute atomic E-state index is 0.679. The van der Waals surface area contributed by atoms with Gasteiger partial charge in [-0.3, -0.25) is 4.90 Å². The average molecular weight is 357 g/mol. The zero-order chi connectivity index (χ0) is 17.8. The highest BCUT2D eigenvalue weighted by Crippen LogP contribution is 2.26. The molecule has 0 radical (unpaired) electrons. The van der Waals surface area contributed by atoms with Gasteiger partial charge in [-0.1, -0.05) is 5.16 Å². The van der Waals surface area contributed by atoms with Crippen molar-refractivity contribution in [2.24, 2.45) is 0 Å². The summed E-state index contributed by atoms with van der Waals surface area (Å²) in [6.45, 7) is 8.19. The van der Waals surface area contributed by atoms with Crippen molar-refractivity contribution in [3.8, 4) is 16.3 Å². The molecule has 132 valence electrons. The van der Waals surface area contributed by atoms with Crippen molar-refractivity contribution >= 4 is 11.3 Å². The highest BCUT2D eigenvalue weighted by atomic mass is 32.1. The fraction of sp³-hybridized carbons (Fsp3) is 0.368. The number of hydrogen-bond acceptors (Lipinski definition) is 6. The second kappa shape index (κ2) is 7.80. The van der Waals surface area contributed by atoms with Gasteiger partial charge in [0.15, 0.2) is 0 Å². The van der Waals surface area contributed by atoms with E-state index in [1.54, 1.807) is 11.3 Å². The van der Waals surface area contributed by atoms with Gasteiger partial charge in [-0.2, -0.15) is 0 Å². The van der Waals surface area contributed by atoms with Crippen LogP contribution in [0, 0.1) is 13.8 Å². The number of ether oxygens (including phenoxy) is 1. The van der Waals surface area contributed by atoms with Crippen LogP contribution < -0.4 is 4.74 Å². The van der Waals surface area contributed by atoms with Gasteiger partial charge in [-0.05, 0) is 52.1 Å². The Morgan fingerprint density at radius 3 is 2.56 bits per heavy atom. The predicted molar refractivity (Wildman–Crippen MR) is 99.9 cm³/mol. The van der Waals surface area contributed by atoms with Crippen LogP contribution in [0.5, 0.6) is 5.75 Å². The van der Waals surface area contributed by atoms with Gasteiger partial charge >= 0.3 is 0 Å². The van der Waals surface area contributed by atoms with Gasteiger partial charge in [0.1, 0.15) is 16.5 Å². The van der Waals surface area contributed by atoms with Gasteiger partial charge in [0, 0.05) is 29.6 Å². The summed E-state index contributed by atoms with van der Waals surface area (Å²) < 4.78 is 10.7. The molecule has 0 saturated carbocycles. The van der Waals surface area contributed by atoms with Crippen LogP contribution in [0.2, 0.25) is 0 Å². The molecule has 0 aliphatic rings. The molecule has 0 unspecified atom stereocenters. The SMILES string of the molecule is CCOc1ccc(-c2nc(CN(C)Cc3c(C)noc3C)cs2)cc1. The topological polar surface area (TPSA) is 51.4 Å². The van der Waals surface area contributed by atoms with Crippen molar-refractivity contribution in [3.05, 3.63) is 52.4 Å². The maximum absolute atomic E-state index is 5.49.